The fraction of sp³-hybridized carbons (Fsp3) is 0.462. The maximum Gasteiger partial charge on any atom is 0.221 e. The molecular formula is C13H18ClNO3S. The van der Waals surface area contributed by atoms with Crippen LogP contribution < -0.4 is 5.32 Å². The van der Waals surface area contributed by atoms with Crippen LogP contribution in [-0.2, 0) is 14.6 Å². The van der Waals surface area contributed by atoms with Crippen molar-refractivity contribution in [2.24, 2.45) is 0 Å². The number of alkyl halides is 1. The van der Waals surface area contributed by atoms with Gasteiger partial charge in [-0.25, -0.2) is 8.42 Å². The van der Waals surface area contributed by atoms with Crippen molar-refractivity contribution >= 4 is 33.0 Å². The van der Waals surface area contributed by atoms with Gasteiger partial charge in [0.25, 0.3) is 0 Å². The second-order valence-electron chi connectivity index (χ2n) is 4.30. The van der Waals surface area contributed by atoms with E-state index in [9.17, 15) is 13.2 Å². The predicted molar refractivity (Wildman–Crippen MR) is 77.1 cm³/mol. The number of carbonyl (C=O) groups excluding carboxylic acids is 1. The first-order chi connectivity index (χ1) is 8.87. The van der Waals surface area contributed by atoms with E-state index in [0.29, 0.717) is 12.1 Å². The van der Waals surface area contributed by atoms with Gasteiger partial charge in [0.1, 0.15) is 4.71 Å². The van der Waals surface area contributed by atoms with Crippen LogP contribution in [0.2, 0.25) is 0 Å². The fourth-order valence-corrected chi connectivity index (χ4v) is 3.35. The summed E-state index contributed by atoms with van der Waals surface area (Å²) in [5, 5.41) is 2.58. The number of amides is 1. The van der Waals surface area contributed by atoms with Crippen molar-refractivity contribution in [1.29, 1.82) is 0 Å². The van der Waals surface area contributed by atoms with Crippen LogP contribution in [0.4, 0.5) is 5.69 Å². The Morgan fingerprint density at radius 2 is 1.89 bits per heavy atom. The molecule has 1 N–H and O–H groups in total. The van der Waals surface area contributed by atoms with E-state index < -0.39 is 14.5 Å². The van der Waals surface area contributed by atoms with Gasteiger partial charge in [0.05, 0.1) is 4.90 Å². The van der Waals surface area contributed by atoms with Gasteiger partial charge in [-0.15, -0.1) is 11.6 Å². The molecule has 0 bridgehead atoms. The SMILES string of the molecule is CCCCC(Cl)S(=O)(=O)c1ccc(NC(C)=O)cc1. The summed E-state index contributed by atoms with van der Waals surface area (Å²) in [4.78, 5) is 11.0. The summed E-state index contributed by atoms with van der Waals surface area (Å²) in [6, 6.07) is 6.03. The van der Waals surface area contributed by atoms with E-state index in [0.717, 1.165) is 12.8 Å². The molecule has 1 rings (SSSR count). The number of hydrogen-bond acceptors (Lipinski definition) is 3. The minimum Gasteiger partial charge on any atom is -0.326 e. The third kappa shape index (κ3) is 4.51. The Morgan fingerprint density at radius 1 is 1.32 bits per heavy atom. The van der Waals surface area contributed by atoms with E-state index in [1.165, 1.54) is 19.1 Å². The summed E-state index contributed by atoms with van der Waals surface area (Å²) in [7, 11) is -3.50. The van der Waals surface area contributed by atoms with Gasteiger partial charge in [0.2, 0.25) is 5.91 Å². The van der Waals surface area contributed by atoms with Gasteiger partial charge < -0.3 is 5.32 Å². The number of benzene rings is 1. The highest BCUT2D eigenvalue weighted by Gasteiger charge is 2.24. The highest BCUT2D eigenvalue weighted by molar-refractivity contribution is 7.93. The number of carbonyl (C=O) groups is 1. The lowest BCUT2D eigenvalue weighted by Gasteiger charge is -2.11. The molecule has 1 amide bonds. The zero-order chi connectivity index (χ0) is 14.5. The van der Waals surface area contributed by atoms with E-state index in [1.54, 1.807) is 12.1 Å². The molecule has 0 aliphatic carbocycles. The highest BCUT2D eigenvalue weighted by Crippen LogP contribution is 2.24. The van der Waals surface area contributed by atoms with Crippen molar-refractivity contribution in [1.82, 2.24) is 0 Å². The van der Waals surface area contributed by atoms with Crippen LogP contribution >= 0.6 is 11.6 Å². The molecule has 4 nitrogen and oxygen atoms in total. The molecule has 0 saturated carbocycles. The fourth-order valence-electron chi connectivity index (χ4n) is 1.60. The first kappa shape index (κ1) is 16.0. The minimum absolute atomic E-state index is 0.178. The monoisotopic (exact) mass is 303 g/mol. The molecule has 1 unspecified atom stereocenters. The van der Waals surface area contributed by atoms with Gasteiger partial charge in [-0.3, -0.25) is 4.79 Å². The van der Waals surface area contributed by atoms with E-state index in [2.05, 4.69) is 5.32 Å². The summed E-state index contributed by atoms with van der Waals surface area (Å²) < 4.78 is 23.4. The van der Waals surface area contributed by atoms with Gasteiger partial charge >= 0.3 is 0 Å². The van der Waals surface area contributed by atoms with Crippen LogP contribution in [0.3, 0.4) is 0 Å². The van der Waals surface area contributed by atoms with E-state index in [1.807, 2.05) is 6.92 Å². The second-order valence-corrected chi connectivity index (χ2v) is 7.22. The summed E-state index contributed by atoms with van der Waals surface area (Å²) in [5.41, 5.74) is 0.561. The number of anilines is 1. The van der Waals surface area contributed by atoms with Gasteiger partial charge in [0.15, 0.2) is 9.84 Å². The second kappa shape index (κ2) is 6.91. The minimum atomic E-state index is -3.50. The van der Waals surface area contributed by atoms with Gasteiger partial charge in [-0.1, -0.05) is 19.8 Å². The molecule has 0 radical (unpaired) electrons. The highest BCUT2D eigenvalue weighted by atomic mass is 35.5. The molecule has 106 valence electrons. The van der Waals surface area contributed by atoms with Crippen molar-refractivity contribution in [2.45, 2.75) is 42.7 Å². The molecule has 1 aromatic rings. The zero-order valence-electron chi connectivity index (χ0n) is 11.0. The first-order valence-corrected chi connectivity index (χ1v) is 8.11. The molecule has 6 heteroatoms. The summed E-state index contributed by atoms with van der Waals surface area (Å²) in [6.45, 7) is 3.38. The Kier molecular flexibility index (Phi) is 5.82. The van der Waals surface area contributed by atoms with Crippen molar-refractivity contribution in [3.8, 4) is 0 Å². The normalized spacial score (nSPS) is 13.0. The van der Waals surface area contributed by atoms with Crippen LogP contribution in [0.1, 0.15) is 33.1 Å². The topological polar surface area (TPSA) is 63.2 Å². The van der Waals surface area contributed by atoms with Crippen molar-refractivity contribution in [3.63, 3.8) is 0 Å². The lowest BCUT2D eigenvalue weighted by Crippen LogP contribution is -2.15. The lowest BCUT2D eigenvalue weighted by molar-refractivity contribution is -0.114. The summed E-state index contributed by atoms with van der Waals surface area (Å²) in [5.74, 6) is -0.200. The molecule has 0 aliphatic heterocycles. The Hall–Kier alpha value is -1.07. The third-order valence-corrected chi connectivity index (χ3v) is 5.38. The van der Waals surface area contributed by atoms with Crippen LogP contribution in [0, 0.1) is 0 Å². The number of nitrogens with one attached hydrogen (secondary N) is 1. The zero-order valence-corrected chi connectivity index (χ0v) is 12.6. The molecule has 0 aliphatic rings. The van der Waals surface area contributed by atoms with Gasteiger partial charge in [0, 0.05) is 12.6 Å². The Balaban J connectivity index is 2.87. The lowest BCUT2D eigenvalue weighted by atomic mass is 10.3. The largest absolute Gasteiger partial charge is 0.326 e. The van der Waals surface area contributed by atoms with Crippen LogP contribution in [0.25, 0.3) is 0 Å². The molecule has 1 aromatic carbocycles. The molecule has 0 heterocycles. The van der Waals surface area contributed by atoms with Crippen LogP contribution in [0.15, 0.2) is 29.2 Å². The van der Waals surface area contributed by atoms with E-state index in [-0.39, 0.29) is 10.8 Å². The Bertz CT molecular complexity index is 525. The van der Waals surface area contributed by atoms with Gasteiger partial charge in [-0.05, 0) is 30.7 Å². The maximum absolute atomic E-state index is 12.2. The number of rotatable bonds is 6. The number of halogens is 1. The number of sulfone groups is 1. The van der Waals surface area contributed by atoms with Crippen molar-refractivity contribution < 1.29 is 13.2 Å². The van der Waals surface area contributed by atoms with E-state index >= 15 is 0 Å². The quantitative estimate of drug-likeness (QED) is 0.821. The van der Waals surface area contributed by atoms with Gasteiger partial charge in [-0.2, -0.15) is 0 Å². The summed E-state index contributed by atoms with van der Waals surface area (Å²) >= 11 is 5.95. The average Bonchev–Trinajstić information content (AvgIpc) is 2.35. The molecule has 0 aromatic heterocycles. The average molecular weight is 304 g/mol. The van der Waals surface area contributed by atoms with E-state index in [4.69, 9.17) is 11.6 Å². The molecule has 0 spiro atoms. The molecule has 0 saturated heterocycles. The third-order valence-electron chi connectivity index (χ3n) is 2.62. The van der Waals surface area contributed by atoms with Crippen molar-refractivity contribution in [3.05, 3.63) is 24.3 Å². The first-order valence-electron chi connectivity index (χ1n) is 6.13. The smallest absolute Gasteiger partial charge is 0.221 e. The predicted octanol–water partition coefficient (Wildman–Crippen LogP) is 3.17. The summed E-state index contributed by atoms with van der Waals surface area (Å²) in [6.07, 6.45) is 2.12. The molecule has 19 heavy (non-hydrogen) atoms. The molecule has 0 fully saturated rings. The van der Waals surface area contributed by atoms with Crippen LogP contribution in [-0.4, -0.2) is 19.0 Å². The number of hydrogen-bond donors (Lipinski definition) is 1. The molecule has 1 atom stereocenters. The standard InChI is InChI=1S/C13H18ClNO3S/c1-3-4-5-13(14)19(17,18)12-8-6-11(7-9-12)15-10(2)16/h6-9,13H,3-5H2,1-2H3,(H,15,16). The van der Waals surface area contributed by atoms with Crippen LogP contribution in [0.5, 0.6) is 0 Å². The molecular weight excluding hydrogens is 286 g/mol. The Labute approximate surface area is 119 Å². The maximum atomic E-state index is 12.2. The number of unbranched alkanes of at least 4 members (excludes halogenated alkanes) is 1. The Morgan fingerprint density at radius 3 is 2.37 bits per heavy atom. The van der Waals surface area contributed by atoms with Crippen molar-refractivity contribution in [2.75, 3.05) is 5.32 Å².